The second kappa shape index (κ2) is 4.18. The Balaban J connectivity index is 2.28. The molecule has 0 radical (unpaired) electrons. The van der Waals surface area contributed by atoms with Crippen LogP contribution in [-0.4, -0.2) is 21.7 Å². The lowest BCUT2D eigenvalue weighted by Gasteiger charge is -1.98. The number of aromatic nitrogens is 3. The van der Waals surface area contributed by atoms with Gasteiger partial charge in [-0.2, -0.15) is 4.98 Å². The third-order valence-electron chi connectivity index (χ3n) is 2.14. The first-order valence-electron chi connectivity index (χ1n) is 4.75. The normalized spacial score (nSPS) is 12.7. The third kappa shape index (κ3) is 2.02. The SMILES string of the molecule is CC(CN)c1noc(-c2cccnc2)n1. The Morgan fingerprint density at radius 2 is 2.40 bits per heavy atom. The molecule has 78 valence electrons. The molecule has 5 heteroatoms. The van der Waals surface area contributed by atoms with Crippen molar-refractivity contribution in [3.63, 3.8) is 0 Å². The largest absolute Gasteiger partial charge is 0.334 e. The van der Waals surface area contributed by atoms with E-state index in [2.05, 4.69) is 15.1 Å². The predicted octanol–water partition coefficient (Wildman–Crippen LogP) is 1.19. The topological polar surface area (TPSA) is 77.8 Å². The lowest BCUT2D eigenvalue weighted by atomic mass is 10.2. The summed E-state index contributed by atoms with van der Waals surface area (Å²) in [7, 11) is 0. The van der Waals surface area contributed by atoms with Crippen LogP contribution < -0.4 is 5.73 Å². The highest BCUT2D eigenvalue weighted by atomic mass is 16.5. The second-order valence-electron chi connectivity index (χ2n) is 3.34. The standard InChI is InChI=1S/C10H12N4O/c1-7(5-11)9-13-10(15-14-9)8-3-2-4-12-6-8/h2-4,6-7H,5,11H2,1H3. The Kier molecular flexibility index (Phi) is 2.73. The smallest absolute Gasteiger partial charge is 0.259 e. The zero-order valence-corrected chi connectivity index (χ0v) is 8.42. The molecule has 0 aliphatic rings. The van der Waals surface area contributed by atoms with Crippen LogP contribution in [0.15, 0.2) is 29.0 Å². The summed E-state index contributed by atoms with van der Waals surface area (Å²) in [4.78, 5) is 8.24. The fraction of sp³-hybridized carbons (Fsp3) is 0.300. The van der Waals surface area contributed by atoms with Gasteiger partial charge in [0, 0.05) is 24.9 Å². The molecule has 15 heavy (non-hydrogen) atoms. The molecule has 0 fully saturated rings. The molecule has 0 spiro atoms. The maximum atomic E-state index is 5.52. The summed E-state index contributed by atoms with van der Waals surface area (Å²) in [6.45, 7) is 2.46. The maximum Gasteiger partial charge on any atom is 0.259 e. The van der Waals surface area contributed by atoms with Crippen molar-refractivity contribution in [3.8, 4) is 11.5 Å². The minimum atomic E-state index is 0.110. The van der Waals surface area contributed by atoms with Crippen molar-refractivity contribution in [2.45, 2.75) is 12.8 Å². The molecule has 0 saturated carbocycles. The molecule has 0 aliphatic heterocycles. The maximum absolute atomic E-state index is 5.52. The van der Waals surface area contributed by atoms with Crippen molar-refractivity contribution in [2.24, 2.45) is 5.73 Å². The first-order valence-corrected chi connectivity index (χ1v) is 4.75. The highest BCUT2D eigenvalue weighted by molar-refractivity contribution is 5.50. The van der Waals surface area contributed by atoms with Crippen LogP contribution in [0.1, 0.15) is 18.7 Å². The minimum Gasteiger partial charge on any atom is -0.334 e. The Morgan fingerprint density at radius 3 is 3.07 bits per heavy atom. The van der Waals surface area contributed by atoms with Gasteiger partial charge in [-0.25, -0.2) is 0 Å². The first-order chi connectivity index (χ1) is 7.31. The summed E-state index contributed by atoms with van der Waals surface area (Å²) in [5, 5.41) is 3.87. The molecule has 0 bridgehead atoms. The lowest BCUT2D eigenvalue weighted by molar-refractivity contribution is 0.418. The van der Waals surface area contributed by atoms with Gasteiger partial charge in [-0.05, 0) is 12.1 Å². The zero-order valence-electron chi connectivity index (χ0n) is 8.42. The summed E-state index contributed by atoms with van der Waals surface area (Å²) < 4.78 is 5.12. The molecule has 1 unspecified atom stereocenters. The van der Waals surface area contributed by atoms with Crippen molar-refractivity contribution in [1.82, 2.24) is 15.1 Å². The zero-order chi connectivity index (χ0) is 10.7. The van der Waals surface area contributed by atoms with Gasteiger partial charge in [0.15, 0.2) is 5.82 Å². The summed E-state index contributed by atoms with van der Waals surface area (Å²) in [6, 6.07) is 3.70. The Morgan fingerprint density at radius 1 is 1.53 bits per heavy atom. The van der Waals surface area contributed by atoms with Crippen LogP contribution in [0, 0.1) is 0 Å². The monoisotopic (exact) mass is 204 g/mol. The van der Waals surface area contributed by atoms with Crippen LogP contribution in [0.25, 0.3) is 11.5 Å². The average Bonchev–Trinajstić information content (AvgIpc) is 2.78. The van der Waals surface area contributed by atoms with Gasteiger partial charge in [0.05, 0.1) is 5.56 Å². The fourth-order valence-corrected chi connectivity index (χ4v) is 1.15. The number of rotatable bonds is 3. The summed E-state index contributed by atoms with van der Waals surface area (Å²) in [5.41, 5.74) is 6.34. The van der Waals surface area contributed by atoms with Crippen molar-refractivity contribution in [1.29, 1.82) is 0 Å². The van der Waals surface area contributed by atoms with Crippen LogP contribution in [0.3, 0.4) is 0 Å². The average molecular weight is 204 g/mol. The number of hydrogen-bond donors (Lipinski definition) is 1. The first kappa shape index (κ1) is 9.79. The fourth-order valence-electron chi connectivity index (χ4n) is 1.15. The van der Waals surface area contributed by atoms with E-state index in [1.165, 1.54) is 0 Å². The van der Waals surface area contributed by atoms with E-state index < -0.39 is 0 Å². The highest BCUT2D eigenvalue weighted by Gasteiger charge is 2.13. The second-order valence-corrected chi connectivity index (χ2v) is 3.34. The molecule has 0 amide bonds. The quantitative estimate of drug-likeness (QED) is 0.812. The van der Waals surface area contributed by atoms with Gasteiger partial charge in [0.25, 0.3) is 5.89 Å². The molecule has 2 aromatic rings. The summed E-state index contributed by atoms with van der Waals surface area (Å²) in [6.07, 6.45) is 3.38. The van der Waals surface area contributed by atoms with E-state index in [4.69, 9.17) is 10.3 Å². The molecular formula is C10H12N4O. The number of nitrogens with two attached hydrogens (primary N) is 1. The summed E-state index contributed by atoms with van der Waals surface area (Å²) in [5.74, 6) is 1.23. The van der Waals surface area contributed by atoms with Gasteiger partial charge in [-0.15, -0.1) is 0 Å². The molecule has 2 aromatic heterocycles. The van der Waals surface area contributed by atoms with Crippen LogP contribution >= 0.6 is 0 Å². The van der Waals surface area contributed by atoms with Crippen molar-refractivity contribution < 1.29 is 4.52 Å². The van der Waals surface area contributed by atoms with Crippen molar-refractivity contribution >= 4 is 0 Å². The molecule has 2 rings (SSSR count). The Bertz CT molecular complexity index is 426. The predicted molar refractivity (Wildman–Crippen MR) is 55.0 cm³/mol. The van der Waals surface area contributed by atoms with Gasteiger partial charge in [-0.1, -0.05) is 12.1 Å². The Hall–Kier alpha value is -1.75. The van der Waals surface area contributed by atoms with Crippen LogP contribution in [0.4, 0.5) is 0 Å². The van der Waals surface area contributed by atoms with E-state index in [-0.39, 0.29) is 5.92 Å². The van der Waals surface area contributed by atoms with E-state index in [0.29, 0.717) is 18.3 Å². The molecule has 2 N–H and O–H groups in total. The van der Waals surface area contributed by atoms with Gasteiger partial charge < -0.3 is 10.3 Å². The van der Waals surface area contributed by atoms with E-state index in [1.54, 1.807) is 12.4 Å². The lowest BCUT2D eigenvalue weighted by Crippen LogP contribution is -2.10. The minimum absolute atomic E-state index is 0.110. The molecule has 0 saturated heterocycles. The Labute approximate surface area is 87.3 Å². The summed E-state index contributed by atoms with van der Waals surface area (Å²) >= 11 is 0. The van der Waals surface area contributed by atoms with E-state index in [0.717, 1.165) is 5.56 Å². The van der Waals surface area contributed by atoms with E-state index in [9.17, 15) is 0 Å². The molecule has 1 atom stereocenters. The van der Waals surface area contributed by atoms with Crippen LogP contribution in [0.5, 0.6) is 0 Å². The molecule has 2 heterocycles. The van der Waals surface area contributed by atoms with Crippen LogP contribution in [0.2, 0.25) is 0 Å². The van der Waals surface area contributed by atoms with Crippen molar-refractivity contribution in [2.75, 3.05) is 6.54 Å². The van der Waals surface area contributed by atoms with E-state index in [1.807, 2.05) is 19.1 Å². The van der Waals surface area contributed by atoms with Gasteiger partial charge in [-0.3, -0.25) is 4.98 Å². The van der Waals surface area contributed by atoms with Gasteiger partial charge in [0.1, 0.15) is 0 Å². The number of pyridine rings is 1. The van der Waals surface area contributed by atoms with Gasteiger partial charge >= 0.3 is 0 Å². The highest BCUT2D eigenvalue weighted by Crippen LogP contribution is 2.18. The number of hydrogen-bond acceptors (Lipinski definition) is 5. The molecular weight excluding hydrogens is 192 g/mol. The van der Waals surface area contributed by atoms with Crippen molar-refractivity contribution in [3.05, 3.63) is 30.4 Å². The molecule has 5 nitrogen and oxygen atoms in total. The molecule has 0 aromatic carbocycles. The molecule has 0 aliphatic carbocycles. The van der Waals surface area contributed by atoms with E-state index >= 15 is 0 Å². The number of nitrogens with zero attached hydrogens (tertiary/aromatic N) is 3. The van der Waals surface area contributed by atoms with Crippen LogP contribution in [-0.2, 0) is 0 Å². The third-order valence-corrected chi connectivity index (χ3v) is 2.14. The van der Waals surface area contributed by atoms with Gasteiger partial charge in [0.2, 0.25) is 0 Å².